The first-order valence-corrected chi connectivity index (χ1v) is 5.52. The standard InChI is InChI=1S/C13H21NO/c1-4-14-10-13(2,3)11-15-12-8-6-5-7-9-12/h5-9,14H,4,10-11H2,1-3H3. The van der Waals surface area contributed by atoms with Crippen LogP contribution in [-0.2, 0) is 0 Å². The van der Waals surface area contributed by atoms with E-state index >= 15 is 0 Å². The summed E-state index contributed by atoms with van der Waals surface area (Å²) >= 11 is 0. The quantitative estimate of drug-likeness (QED) is 0.774. The summed E-state index contributed by atoms with van der Waals surface area (Å²) in [6.45, 7) is 9.26. The number of para-hydroxylation sites is 1. The van der Waals surface area contributed by atoms with Crippen LogP contribution in [-0.4, -0.2) is 19.7 Å². The molecule has 15 heavy (non-hydrogen) atoms. The van der Waals surface area contributed by atoms with Gasteiger partial charge < -0.3 is 10.1 Å². The minimum absolute atomic E-state index is 0.172. The van der Waals surface area contributed by atoms with Crippen LogP contribution in [0.5, 0.6) is 5.75 Å². The zero-order valence-electron chi connectivity index (χ0n) is 9.92. The highest BCUT2D eigenvalue weighted by Gasteiger charge is 2.17. The lowest BCUT2D eigenvalue weighted by atomic mass is 9.95. The molecule has 0 saturated heterocycles. The minimum Gasteiger partial charge on any atom is -0.493 e. The number of hydrogen-bond donors (Lipinski definition) is 1. The van der Waals surface area contributed by atoms with Crippen molar-refractivity contribution in [2.75, 3.05) is 19.7 Å². The molecule has 0 aromatic heterocycles. The second-order valence-electron chi connectivity index (χ2n) is 4.55. The van der Waals surface area contributed by atoms with E-state index < -0.39 is 0 Å². The summed E-state index contributed by atoms with van der Waals surface area (Å²) in [5.74, 6) is 0.946. The van der Waals surface area contributed by atoms with Crippen LogP contribution in [0.2, 0.25) is 0 Å². The zero-order chi connectivity index (χ0) is 11.1. The van der Waals surface area contributed by atoms with Crippen molar-refractivity contribution in [2.24, 2.45) is 5.41 Å². The maximum atomic E-state index is 5.73. The molecule has 0 unspecified atom stereocenters. The van der Waals surface area contributed by atoms with Crippen LogP contribution in [0.1, 0.15) is 20.8 Å². The Morgan fingerprint density at radius 3 is 2.47 bits per heavy atom. The van der Waals surface area contributed by atoms with Crippen LogP contribution in [0.15, 0.2) is 30.3 Å². The molecule has 0 atom stereocenters. The van der Waals surface area contributed by atoms with Crippen LogP contribution in [0.3, 0.4) is 0 Å². The molecule has 0 saturated carbocycles. The zero-order valence-corrected chi connectivity index (χ0v) is 9.92. The van der Waals surface area contributed by atoms with Gasteiger partial charge in [0.25, 0.3) is 0 Å². The summed E-state index contributed by atoms with van der Waals surface area (Å²) in [6, 6.07) is 9.96. The fourth-order valence-electron chi connectivity index (χ4n) is 1.31. The maximum absolute atomic E-state index is 5.73. The first kappa shape index (κ1) is 12.1. The Hall–Kier alpha value is -1.02. The first-order chi connectivity index (χ1) is 7.14. The Bertz CT molecular complexity index is 269. The van der Waals surface area contributed by atoms with Crippen molar-refractivity contribution in [1.82, 2.24) is 5.32 Å². The molecule has 1 aromatic carbocycles. The van der Waals surface area contributed by atoms with Gasteiger partial charge in [0.1, 0.15) is 5.75 Å². The highest BCUT2D eigenvalue weighted by Crippen LogP contribution is 2.17. The summed E-state index contributed by atoms with van der Waals surface area (Å²) < 4.78 is 5.73. The molecular weight excluding hydrogens is 186 g/mol. The van der Waals surface area contributed by atoms with Gasteiger partial charge in [0, 0.05) is 12.0 Å². The molecule has 0 radical (unpaired) electrons. The molecule has 1 aromatic rings. The second kappa shape index (κ2) is 5.76. The highest BCUT2D eigenvalue weighted by molar-refractivity contribution is 5.20. The third-order valence-corrected chi connectivity index (χ3v) is 2.23. The SMILES string of the molecule is CCNCC(C)(C)COc1ccccc1. The molecule has 1 N–H and O–H groups in total. The van der Waals surface area contributed by atoms with Gasteiger partial charge in [-0.05, 0) is 18.7 Å². The monoisotopic (exact) mass is 207 g/mol. The van der Waals surface area contributed by atoms with Crippen LogP contribution >= 0.6 is 0 Å². The summed E-state index contributed by atoms with van der Waals surface area (Å²) in [7, 11) is 0. The number of nitrogens with one attached hydrogen (secondary N) is 1. The average Bonchev–Trinajstić information content (AvgIpc) is 2.25. The van der Waals surface area contributed by atoms with Crippen molar-refractivity contribution in [3.05, 3.63) is 30.3 Å². The number of ether oxygens (including phenoxy) is 1. The molecular formula is C13H21NO. The molecule has 0 spiro atoms. The van der Waals surface area contributed by atoms with Gasteiger partial charge in [-0.15, -0.1) is 0 Å². The van der Waals surface area contributed by atoms with E-state index in [-0.39, 0.29) is 5.41 Å². The van der Waals surface area contributed by atoms with Crippen molar-refractivity contribution in [2.45, 2.75) is 20.8 Å². The number of benzene rings is 1. The van der Waals surface area contributed by atoms with Crippen molar-refractivity contribution in [1.29, 1.82) is 0 Å². The van der Waals surface area contributed by atoms with Crippen LogP contribution in [0.25, 0.3) is 0 Å². The van der Waals surface area contributed by atoms with Crippen molar-refractivity contribution in [3.63, 3.8) is 0 Å². The second-order valence-corrected chi connectivity index (χ2v) is 4.55. The normalized spacial score (nSPS) is 11.4. The fourth-order valence-corrected chi connectivity index (χ4v) is 1.31. The number of hydrogen-bond acceptors (Lipinski definition) is 2. The van der Waals surface area contributed by atoms with E-state index in [4.69, 9.17) is 4.74 Å². The van der Waals surface area contributed by atoms with E-state index in [0.717, 1.165) is 25.4 Å². The predicted octanol–water partition coefficient (Wildman–Crippen LogP) is 2.70. The molecule has 0 aliphatic heterocycles. The van der Waals surface area contributed by atoms with E-state index in [1.807, 2.05) is 30.3 Å². The van der Waals surface area contributed by atoms with E-state index in [1.54, 1.807) is 0 Å². The molecule has 84 valence electrons. The lowest BCUT2D eigenvalue weighted by Gasteiger charge is -2.24. The molecule has 0 heterocycles. The summed E-state index contributed by atoms with van der Waals surface area (Å²) in [5.41, 5.74) is 0.172. The Labute approximate surface area is 92.6 Å². The van der Waals surface area contributed by atoms with Gasteiger partial charge in [0.15, 0.2) is 0 Å². The molecule has 0 bridgehead atoms. The molecule has 0 aliphatic rings. The average molecular weight is 207 g/mol. The highest BCUT2D eigenvalue weighted by atomic mass is 16.5. The molecule has 2 nitrogen and oxygen atoms in total. The smallest absolute Gasteiger partial charge is 0.119 e. The molecule has 1 rings (SSSR count). The third kappa shape index (κ3) is 4.84. The number of rotatable bonds is 6. The van der Waals surface area contributed by atoms with Gasteiger partial charge in [0.05, 0.1) is 6.61 Å². The first-order valence-electron chi connectivity index (χ1n) is 5.52. The molecule has 0 aliphatic carbocycles. The molecule has 0 fully saturated rings. The van der Waals surface area contributed by atoms with Gasteiger partial charge in [-0.3, -0.25) is 0 Å². The van der Waals surface area contributed by atoms with Gasteiger partial charge in [-0.25, -0.2) is 0 Å². The maximum Gasteiger partial charge on any atom is 0.119 e. The summed E-state index contributed by atoms with van der Waals surface area (Å²) in [6.07, 6.45) is 0. The van der Waals surface area contributed by atoms with E-state index in [9.17, 15) is 0 Å². The van der Waals surface area contributed by atoms with E-state index in [0.29, 0.717) is 0 Å². The Morgan fingerprint density at radius 1 is 1.20 bits per heavy atom. The van der Waals surface area contributed by atoms with Crippen molar-refractivity contribution >= 4 is 0 Å². The van der Waals surface area contributed by atoms with Gasteiger partial charge >= 0.3 is 0 Å². The topological polar surface area (TPSA) is 21.3 Å². The van der Waals surface area contributed by atoms with E-state index in [2.05, 4.69) is 26.1 Å². The van der Waals surface area contributed by atoms with Crippen LogP contribution in [0.4, 0.5) is 0 Å². The van der Waals surface area contributed by atoms with E-state index in [1.165, 1.54) is 0 Å². The Balaban J connectivity index is 2.35. The predicted molar refractivity (Wildman–Crippen MR) is 64.3 cm³/mol. The lowest BCUT2D eigenvalue weighted by Crippen LogP contribution is -2.34. The minimum atomic E-state index is 0.172. The lowest BCUT2D eigenvalue weighted by molar-refractivity contribution is 0.177. The fraction of sp³-hybridized carbons (Fsp3) is 0.538. The summed E-state index contributed by atoms with van der Waals surface area (Å²) in [4.78, 5) is 0. The third-order valence-electron chi connectivity index (χ3n) is 2.23. The van der Waals surface area contributed by atoms with Crippen molar-refractivity contribution < 1.29 is 4.74 Å². The Kier molecular flexibility index (Phi) is 4.63. The van der Waals surface area contributed by atoms with Crippen LogP contribution < -0.4 is 10.1 Å². The largest absolute Gasteiger partial charge is 0.493 e. The molecule has 0 amide bonds. The van der Waals surface area contributed by atoms with Crippen LogP contribution in [0, 0.1) is 5.41 Å². The molecule has 2 heteroatoms. The summed E-state index contributed by atoms with van der Waals surface area (Å²) in [5, 5.41) is 3.34. The van der Waals surface area contributed by atoms with Gasteiger partial charge in [-0.2, -0.15) is 0 Å². The Morgan fingerprint density at radius 2 is 1.87 bits per heavy atom. The van der Waals surface area contributed by atoms with Gasteiger partial charge in [0.2, 0.25) is 0 Å². The van der Waals surface area contributed by atoms with Crippen molar-refractivity contribution in [3.8, 4) is 5.75 Å². The van der Waals surface area contributed by atoms with Gasteiger partial charge in [-0.1, -0.05) is 39.0 Å².